The lowest BCUT2D eigenvalue weighted by Gasteiger charge is -2.25. The zero-order valence-electron chi connectivity index (χ0n) is 10.7. The first kappa shape index (κ1) is 12.8. The van der Waals surface area contributed by atoms with Gasteiger partial charge in [-0.25, -0.2) is 4.39 Å². The third-order valence-corrected chi connectivity index (χ3v) is 3.33. The maximum Gasteiger partial charge on any atom is 0.123 e. The molecule has 0 fully saturated rings. The van der Waals surface area contributed by atoms with E-state index in [1.165, 1.54) is 12.1 Å². The van der Waals surface area contributed by atoms with Crippen LogP contribution in [0.25, 0.3) is 0 Å². The van der Waals surface area contributed by atoms with E-state index in [1.54, 1.807) is 18.3 Å². The molecule has 0 aliphatic heterocycles. The van der Waals surface area contributed by atoms with Gasteiger partial charge in [0.1, 0.15) is 5.82 Å². The Morgan fingerprint density at radius 2 is 1.94 bits per heavy atom. The Morgan fingerprint density at radius 3 is 2.50 bits per heavy atom. The van der Waals surface area contributed by atoms with Gasteiger partial charge in [-0.2, -0.15) is 5.10 Å². The Labute approximate surface area is 106 Å². The molecule has 2 rings (SSSR count). The van der Waals surface area contributed by atoms with Crippen LogP contribution in [0.2, 0.25) is 0 Å². The normalized spacial score (nSPS) is 14.4. The average molecular weight is 247 g/mol. The minimum absolute atomic E-state index is 0.235. The first-order chi connectivity index (χ1) is 8.49. The lowest BCUT2D eigenvalue weighted by molar-refractivity contribution is 0.444. The molecule has 0 aliphatic carbocycles. The van der Waals surface area contributed by atoms with Crippen molar-refractivity contribution >= 4 is 0 Å². The van der Waals surface area contributed by atoms with E-state index in [2.05, 4.69) is 5.10 Å². The number of nitrogens with zero attached hydrogens (tertiary/aromatic N) is 2. The smallest absolute Gasteiger partial charge is 0.123 e. The van der Waals surface area contributed by atoms with Gasteiger partial charge in [0.2, 0.25) is 0 Å². The molecule has 0 aliphatic rings. The molecule has 0 saturated carbocycles. The molecule has 0 amide bonds. The van der Waals surface area contributed by atoms with Crippen LogP contribution in [0.15, 0.2) is 36.5 Å². The van der Waals surface area contributed by atoms with Crippen LogP contribution in [0.4, 0.5) is 4.39 Å². The van der Waals surface area contributed by atoms with Crippen molar-refractivity contribution < 1.29 is 4.39 Å². The number of aromatic nitrogens is 2. The topological polar surface area (TPSA) is 43.8 Å². The Morgan fingerprint density at radius 1 is 1.28 bits per heavy atom. The summed E-state index contributed by atoms with van der Waals surface area (Å²) >= 11 is 0. The van der Waals surface area contributed by atoms with Crippen molar-refractivity contribution in [3.63, 3.8) is 0 Å². The molecule has 0 radical (unpaired) electrons. The second-order valence-corrected chi connectivity index (χ2v) is 4.87. The Hall–Kier alpha value is -1.68. The molecular formula is C14H18FN3. The second-order valence-electron chi connectivity index (χ2n) is 4.87. The third-order valence-electron chi connectivity index (χ3n) is 3.33. The number of rotatable bonds is 4. The van der Waals surface area contributed by atoms with Crippen molar-refractivity contribution in [1.29, 1.82) is 0 Å². The van der Waals surface area contributed by atoms with Gasteiger partial charge in [-0.3, -0.25) is 4.68 Å². The molecule has 0 saturated heterocycles. The molecule has 1 heterocycles. The minimum Gasteiger partial charge on any atom is -0.322 e. The van der Waals surface area contributed by atoms with E-state index in [4.69, 9.17) is 5.73 Å². The van der Waals surface area contributed by atoms with E-state index in [0.717, 1.165) is 24.1 Å². The van der Waals surface area contributed by atoms with Gasteiger partial charge in [0.25, 0.3) is 0 Å². The lowest BCUT2D eigenvalue weighted by Crippen LogP contribution is -2.33. The Kier molecular flexibility index (Phi) is 3.48. The highest BCUT2D eigenvalue weighted by atomic mass is 19.1. The summed E-state index contributed by atoms with van der Waals surface area (Å²) in [5.74, 6) is -0.235. The summed E-state index contributed by atoms with van der Waals surface area (Å²) < 4.78 is 14.7. The van der Waals surface area contributed by atoms with Gasteiger partial charge in [-0.05, 0) is 43.5 Å². The lowest BCUT2D eigenvalue weighted by atomic mass is 9.88. The molecule has 1 aromatic heterocycles. The van der Waals surface area contributed by atoms with Gasteiger partial charge >= 0.3 is 0 Å². The fraction of sp³-hybridized carbons (Fsp3) is 0.357. The van der Waals surface area contributed by atoms with Crippen molar-refractivity contribution in [2.45, 2.75) is 25.3 Å². The number of nitrogens with two attached hydrogens (primary N) is 1. The molecule has 1 unspecified atom stereocenters. The monoisotopic (exact) mass is 247 g/mol. The molecule has 96 valence electrons. The summed E-state index contributed by atoms with van der Waals surface area (Å²) in [5, 5.41) is 4.13. The van der Waals surface area contributed by atoms with Crippen molar-refractivity contribution in [1.82, 2.24) is 9.78 Å². The van der Waals surface area contributed by atoms with Crippen LogP contribution in [0.3, 0.4) is 0 Å². The standard InChI is InChI=1S/C14H18FN3/c1-14(16,11-3-5-12(15)6-4-11)9-7-13-8-10-17-18(13)2/h3-6,8,10H,7,9,16H2,1-2H3. The summed E-state index contributed by atoms with van der Waals surface area (Å²) in [6.45, 7) is 1.97. The summed E-state index contributed by atoms with van der Waals surface area (Å²) in [6.07, 6.45) is 3.42. The maximum absolute atomic E-state index is 12.9. The van der Waals surface area contributed by atoms with Gasteiger partial charge in [-0.15, -0.1) is 0 Å². The van der Waals surface area contributed by atoms with E-state index in [0.29, 0.717) is 0 Å². The van der Waals surface area contributed by atoms with E-state index in [1.807, 2.05) is 24.7 Å². The number of hydrogen-bond donors (Lipinski definition) is 1. The fourth-order valence-electron chi connectivity index (χ4n) is 2.01. The van der Waals surface area contributed by atoms with E-state index in [9.17, 15) is 4.39 Å². The Balaban J connectivity index is 2.07. The van der Waals surface area contributed by atoms with Gasteiger partial charge < -0.3 is 5.73 Å². The van der Waals surface area contributed by atoms with Crippen molar-refractivity contribution in [3.8, 4) is 0 Å². The predicted molar refractivity (Wildman–Crippen MR) is 69.5 cm³/mol. The van der Waals surface area contributed by atoms with Crippen LogP contribution in [0, 0.1) is 5.82 Å². The fourth-order valence-corrected chi connectivity index (χ4v) is 2.01. The third kappa shape index (κ3) is 2.76. The first-order valence-corrected chi connectivity index (χ1v) is 6.01. The van der Waals surface area contributed by atoms with Gasteiger partial charge in [0.05, 0.1) is 0 Å². The predicted octanol–water partition coefficient (Wildman–Crippen LogP) is 2.37. The van der Waals surface area contributed by atoms with Gasteiger partial charge in [0, 0.05) is 24.5 Å². The highest BCUT2D eigenvalue weighted by Crippen LogP contribution is 2.23. The molecule has 4 heteroatoms. The molecule has 2 aromatic rings. The van der Waals surface area contributed by atoms with Crippen LogP contribution in [0.5, 0.6) is 0 Å². The van der Waals surface area contributed by atoms with Crippen LogP contribution in [-0.4, -0.2) is 9.78 Å². The molecule has 0 bridgehead atoms. The zero-order chi connectivity index (χ0) is 13.2. The summed E-state index contributed by atoms with van der Waals surface area (Å²) in [5.41, 5.74) is 7.94. The van der Waals surface area contributed by atoms with E-state index < -0.39 is 5.54 Å². The molecule has 1 aromatic carbocycles. The van der Waals surface area contributed by atoms with E-state index >= 15 is 0 Å². The molecule has 0 spiro atoms. The van der Waals surface area contributed by atoms with Crippen LogP contribution in [0.1, 0.15) is 24.6 Å². The quantitative estimate of drug-likeness (QED) is 0.901. The molecule has 1 atom stereocenters. The largest absolute Gasteiger partial charge is 0.322 e. The number of benzene rings is 1. The highest BCUT2D eigenvalue weighted by Gasteiger charge is 2.21. The van der Waals surface area contributed by atoms with Gasteiger partial charge in [-0.1, -0.05) is 12.1 Å². The van der Waals surface area contributed by atoms with Crippen LogP contribution >= 0.6 is 0 Å². The molecule has 18 heavy (non-hydrogen) atoms. The molecule has 3 nitrogen and oxygen atoms in total. The first-order valence-electron chi connectivity index (χ1n) is 6.01. The highest BCUT2D eigenvalue weighted by molar-refractivity contribution is 5.24. The summed E-state index contributed by atoms with van der Waals surface area (Å²) in [6, 6.07) is 8.38. The van der Waals surface area contributed by atoms with Crippen LogP contribution < -0.4 is 5.73 Å². The minimum atomic E-state index is -0.460. The summed E-state index contributed by atoms with van der Waals surface area (Å²) in [7, 11) is 1.92. The number of halogens is 1. The average Bonchev–Trinajstić information content (AvgIpc) is 2.73. The Bertz CT molecular complexity index is 514. The molecule has 2 N–H and O–H groups in total. The van der Waals surface area contributed by atoms with Crippen molar-refractivity contribution in [2.24, 2.45) is 12.8 Å². The number of hydrogen-bond acceptors (Lipinski definition) is 2. The second kappa shape index (κ2) is 4.90. The maximum atomic E-state index is 12.9. The SMILES string of the molecule is Cn1nccc1CCC(C)(N)c1ccc(F)cc1. The van der Waals surface area contributed by atoms with Crippen LogP contribution in [-0.2, 0) is 19.0 Å². The molecular weight excluding hydrogens is 229 g/mol. The van der Waals surface area contributed by atoms with Crippen molar-refractivity contribution in [3.05, 3.63) is 53.6 Å². The number of aryl methyl sites for hydroxylation is 2. The summed E-state index contributed by atoms with van der Waals surface area (Å²) in [4.78, 5) is 0. The van der Waals surface area contributed by atoms with E-state index in [-0.39, 0.29) is 5.82 Å². The van der Waals surface area contributed by atoms with Crippen molar-refractivity contribution in [2.75, 3.05) is 0 Å². The zero-order valence-corrected chi connectivity index (χ0v) is 10.7. The van der Waals surface area contributed by atoms with Gasteiger partial charge in [0.15, 0.2) is 0 Å².